The van der Waals surface area contributed by atoms with Crippen molar-refractivity contribution in [1.82, 2.24) is 19.7 Å². The predicted molar refractivity (Wildman–Crippen MR) is 145 cm³/mol. The summed E-state index contributed by atoms with van der Waals surface area (Å²) in [6.07, 6.45) is 1.65. The molecule has 0 aliphatic heterocycles. The zero-order valence-electron chi connectivity index (χ0n) is 20.9. The maximum absolute atomic E-state index is 13.1. The molecule has 1 N–H and O–H groups in total. The van der Waals surface area contributed by atoms with E-state index in [1.165, 1.54) is 23.5 Å². The van der Waals surface area contributed by atoms with Gasteiger partial charge in [-0.25, -0.2) is 27.5 Å². The van der Waals surface area contributed by atoms with Crippen LogP contribution in [0.15, 0.2) is 59.6 Å². The molecule has 2 aromatic heterocycles. The first-order valence-electron chi connectivity index (χ1n) is 11.8. The van der Waals surface area contributed by atoms with Gasteiger partial charge < -0.3 is 9.47 Å². The molecule has 9 nitrogen and oxygen atoms in total. The van der Waals surface area contributed by atoms with E-state index >= 15 is 0 Å². The molecule has 0 saturated carbocycles. The van der Waals surface area contributed by atoms with E-state index in [1.54, 1.807) is 25.4 Å². The van der Waals surface area contributed by atoms with E-state index in [2.05, 4.69) is 20.8 Å². The minimum atomic E-state index is -3.78. The Labute approximate surface area is 227 Å². The van der Waals surface area contributed by atoms with Crippen LogP contribution in [0.1, 0.15) is 16.8 Å². The molecule has 3 aromatic carbocycles. The van der Waals surface area contributed by atoms with Crippen LogP contribution in [-0.2, 0) is 21.4 Å². The Bertz CT molecular complexity index is 1830. The maximum atomic E-state index is 13.1. The number of hydrogen-bond acceptors (Lipinski definition) is 9. The van der Waals surface area contributed by atoms with Crippen molar-refractivity contribution in [2.45, 2.75) is 18.4 Å². The Balaban J connectivity index is 1.37. The minimum absolute atomic E-state index is 0.0223. The molecule has 0 fully saturated rings. The Hall–Kier alpha value is -4.02. The third kappa shape index (κ3) is 5.71. The Morgan fingerprint density at radius 3 is 2.64 bits per heavy atom. The quantitative estimate of drug-likeness (QED) is 0.255. The molecular weight excluding hydrogens is 541 g/mol. The van der Waals surface area contributed by atoms with E-state index in [-0.39, 0.29) is 18.0 Å². The molecule has 0 radical (unpaired) electrons. The predicted octanol–water partition coefficient (Wildman–Crippen LogP) is 4.73. The highest BCUT2D eigenvalue weighted by molar-refractivity contribution is 7.89. The van der Waals surface area contributed by atoms with E-state index in [1.807, 2.05) is 19.1 Å². The smallest absolute Gasteiger partial charge is 0.240 e. The molecule has 0 unspecified atom stereocenters. The Morgan fingerprint density at radius 1 is 1.10 bits per heavy atom. The second-order valence-corrected chi connectivity index (χ2v) is 11.4. The molecule has 2 heterocycles. The van der Waals surface area contributed by atoms with Crippen molar-refractivity contribution in [3.05, 3.63) is 77.4 Å². The van der Waals surface area contributed by atoms with Crippen molar-refractivity contribution in [3.8, 4) is 22.4 Å². The number of nitrogens with one attached hydrogen (secondary N) is 1. The second-order valence-electron chi connectivity index (χ2n) is 8.60. The molecule has 0 atom stereocenters. The molecule has 12 heteroatoms. The van der Waals surface area contributed by atoms with Crippen molar-refractivity contribution in [2.75, 3.05) is 20.3 Å². The van der Waals surface area contributed by atoms with Crippen LogP contribution >= 0.6 is 11.3 Å². The van der Waals surface area contributed by atoms with Gasteiger partial charge in [-0.1, -0.05) is 0 Å². The third-order valence-corrected chi connectivity index (χ3v) is 8.31. The molecule has 198 valence electrons. The van der Waals surface area contributed by atoms with Gasteiger partial charge in [-0.2, -0.15) is 5.26 Å². The first kappa shape index (κ1) is 26.6. The topological polar surface area (TPSA) is 127 Å². The van der Waals surface area contributed by atoms with Gasteiger partial charge in [0.25, 0.3) is 0 Å². The summed E-state index contributed by atoms with van der Waals surface area (Å²) in [7, 11) is -2.20. The van der Waals surface area contributed by atoms with Gasteiger partial charge in [-0.3, -0.25) is 4.98 Å². The molecule has 0 bridgehead atoms. The van der Waals surface area contributed by atoms with Crippen LogP contribution in [-0.4, -0.2) is 43.6 Å². The standard InChI is InChI=1S/C27H22FN5O4S2/c1-16-9-20(37-8-7-31-39(34,35)21-5-3-18(28)4-6-21)12-24-25(16)33-27(38-24)22-10-17(13-29)11-23-26(22)30-14-19(32-23)15-36-2/h3-6,9-12,14,31H,7-8,15H2,1-2H3. The van der Waals surface area contributed by atoms with Gasteiger partial charge in [-0.05, 0) is 61.0 Å². The van der Waals surface area contributed by atoms with Crippen LogP contribution in [0, 0.1) is 24.1 Å². The SMILES string of the molecule is COCc1cnc2c(-c3nc4c(C)cc(OCCNS(=O)(=O)c5ccc(F)cc5)cc4s3)cc(C#N)cc2n1. The van der Waals surface area contributed by atoms with Crippen molar-refractivity contribution in [2.24, 2.45) is 0 Å². The lowest BCUT2D eigenvalue weighted by Crippen LogP contribution is -2.28. The van der Waals surface area contributed by atoms with Gasteiger partial charge in [0.2, 0.25) is 10.0 Å². The number of sulfonamides is 1. The second kappa shape index (κ2) is 11.0. The first-order valence-corrected chi connectivity index (χ1v) is 14.1. The summed E-state index contributed by atoms with van der Waals surface area (Å²) in [5.74, 6) is 0.0557. The summed E-state index contributed by atoms with van der Waals surface area (Å²) in [5.41, 5.74) is 4.71. The highest BCUT2D eigenvalue weighted by Crippen LogP contribution is 2.37. The number of hydrogen-bond donors (Lipinski definition) is 1. The number of ether oxygens (including phenoxy) is 2. The zero-order valence-corrected chi connectivity index (χ0v) is 22.6. The average molecular weight is 564 g/mol. The molecule has 5 aromatic rings. The fourth-order valence-electron chi connectivity index (χ4n) is 4.01. The number of nitriles is 1. The highest BCUT2D eigenvalue weighted by atomic mass is 32.2. The average Bonchev–Trinajstić information content (AvgIpc) is 3.35. The van der Waals surface area contributed by atoms with Crippen LogP contribution in [0.25, 0.3) is 31.8 Å². The number of aromatic nitrogens is 3. The van der Waals surface area contributed by atoms with E-state index in [9.17, 15) is 18.1 Å². The van der Waals surface area contributed by atoms with Crippen LogP contribution in [0.4, 0.5) is 4.39 Å². The van der Waals surface area contributed by atoms with Gasteiger partial charge in [0.15, 0.2) is 0 Å². The summed E-state index contributed by atoms with van der Waals surface area (Å²) in [6.45, 7) is 2.34. The number of benzene rings is 3. The summed E-state index contributed by atoms with van der Waals surface area (Å²) in [6, 6.07) is 13.9. The Kier molecular flexibility index (Phi) is 7.49. The van der Waals surface area contributed by atoms with Crippen molar-refractivity contribution >= 4 is 42.6 Å². The number of aryl methyl sites for hydroxylation is 1. The molecule has 5 rings (SSSR count). The number of thiazole rings is 1. The molecule has 0 saturated heterocycles. The molecule has 0 amide bonds. The summed E-state index contributed by atoms with van der Waals surface area (Å²) >= 11 is 1.43. The Morgan fingerprint density at radius 2 is 1.90 bits per heavy atom. The molecule has 39 heavy (non-hydrogen) atoms. The normalized spacial score (nSPS) is 11.6. The lowest BCUT2D eigenvalue weighted by molar-refractivity contribution is 0.181. The first-order chi connectivity index (χ1) is 18.8. The number of halogens is 1. The molecule has 0 aliphatic carbocycles. The maximum Gasteiger partial charge on any atom is 0.240 e. The fraction of sp³-hybridized carbons (Fsp3) is 0.185. The number of fused-ring (bicyclic) bond motifs is 2. The summed E-state index contributed by atoms with van der Waals surface area (Å²) in [4.78, 5) is 14.0. The molecule has 0 spiro atoms. The summed E-state index contributed by atoms with van der Waals surface area (Å²) in [5, 5.41) is 10.3. The van der Waals surface area contributed by atoms with Crippen LogP contribution in [0.3, 0.4) is 0 Å². The van der Waals surface area contributed by atoms with E-state index in [0.29, 0.717) is 45.2 Å². The van der Waals surface area contributed by atoms with Crippen molar-refractivity contribution < 1.29 is 22.3 Å². The third-order valence-electron chi connectivity index (χ3n) is 5.79. The lowest BCUT2D eigenvalue weighted by atomic mass is 10.1. The monoisotopic (exact) mass is 563 g/mol. The fourth-order valence-corrected chi connectivity index (χ4v) is 6.12. The van der Waals surface area contributed by atoms with Gasteiger partial charge in [-0.15, -0.1) is 11.3 Å². The number of rotatable bonds is 9. The largest absolute Gasteiger partial charge is 0.492 e. The minimum Gasteiger partial charge on any atom is -0.492 e. The van der Waals surface area contributed by atoms with Crippen molar-refractivity contribution in [1.29, 1.82) is 5.26 Å². The van der Waals surface area contributed by atoms with Gasteiger partial charge >= 0.3 is 0 Å². The van der Waals surface area contributed by atoms with Crippen LogP contribution in [0.5, 0.6) is 5.75 Å². The van der Waals surface area contributed by atoms with Gasteiger partial charge in [0.05, 0.1) is 56.3 Å². The van der Waals surface area contributed by atoms with E-state index in [0.717, 1.165) is 27.9 Å². The van der Waals surface area contributed by atoms with Crippen LogP contribution in [0.2, 0.25) is 0 Å². The molecular formula is C27H22FN5O4S2. The highest BCUT2D eigenvalue weighted by Gasteiger charge is 2.17. The van der Waals surface area contributed by atoms with Crippen molar-refractivity contribution in [3.63, 3.8) is 0 Å². The number of methoxy groups -OCH3 is 1. The van der Waals surface area contributed by atoms with Crippen LogP contribution < -0.4 is 9.46 Å². The van der Waals surface area contributed by atoms with E-state index < -0.39 is 15.8 Å². The summed E-state index contributed by atoms with van der Waals surface area (Å²) < 4.78 is 52.1. The van der Waals surface area contributed by atoms with Gasteiger partial charge in [0, 0.05) is 19.2 Å². The lowest BCUT2D eigenvalue weighted by Gasteiger charge is -2.09. The number of nitrogens with zero attached hydrogens (tertiary/aromatic N) is 4. The van der Waals surface area contributed by atoms with E-state index in [4.69, 9.17) is 14.5 Å². The molecule has 0 aliphatic rings. The zero-order chi connectivity index (χ0) is 27.6. The van der Waals surface area contributed by atoms with Gasteiger partial charge in [0.1, 0.15) is 23.2 Å².